The highest BCUT2D eigenvalue weighted by Crippen LogP contribution is 2.24. The number of nitrogens with one attached hydrogen (secondary N) is 1. The molecule has 9 heteroatoms. The summed E-state index contributed by atoms with van der Waals surface area (Å²) in [7, 11) is 0. The van der Waals surface area contributed by atoms with Gasteiger partial charge in [0.15, 0.2) is 0 Å². The zero-order valence-electron chi connectivity index (χ0n) is 12.5. The van der Waals surface area contributed by atoms with Crippen LogP contribution in [0.3, 0.4) is 0 Å². The molecule has 2 unspecified atom stereocenters. The molecule has 2 atom stereocenters. The van der Waals surface area contributed by atoms with Crippen molar-refractivity contribution in [2.75, 3.05) is 18.4 Å². The fourth-order valence-electron chi connectivity index (χ4n) is 2.48. The predicted molar refractivity (Wildman–Crippen MR) is 85.8 cm³/mol. The van der Waals surface area contributed by atoms with E-state index in [1.807, 2.05) is 0 Å². The highest BCUT2D eigenvalue weighted by atomic mass is 35.5. The molecule has 0 spiro atoms. The van der Waals surface area contributed by atoms with Gasteiger partial charge in [-0.1, -0.05) is 12.1 Å². The largest absolute Gasteiger partial charge is 0.481 e. The number of nitrogens with zero attached hydrogens (tertiary/aromatic N) is 2. The molecule has 1 aromatic carbocycles. The van der Waals surface area contributed by atoms with Crippen molar-refractivity contribution in [2.24, 2.45) is 5.92 Å². The maximum Gasteiger partial charge on any atom is 0.307 e. The van der Waals surface area contributed by atoms with Crippen LogP contribution in [0.4, 0.5) is 11.4 Å². The maximum atomic E-state index is 12.2. The minimum absolute atomic E-state index is 0. The minimum Gasteiger partial charge on any atom is -0.481 e. The molecule has 126 valence electrons. The monoisotopic (exact) mass is 343 g/mol. The summed E-state index contributed by atoms with van der Waals surface area (Å²) in [6, 6.07) is 5.35. The number of hydrogen-bond acceptors (Lipinski definition) is 5. The van der Waals surface area contributed by atoms with Gasteiger partial charge in [-0.05, 0) is 26.0 Å². The second kappa shape index (κ2) is 7.89. The molecule has 0 saturated carbocycles. The first-order valence-corrected chi connectivity index (χ1v) is 6.91. The van der Waals surface area contributed by atoms with Crippen LogP contribution in [0.15, 0.2) is 24.3 Å². The lowest BCUT2D eigenvalue weighted by Gasteiger charge is -2.23. The molecule has 1 aromatic rings. The number of carbonyl (C=O) groups excluding carboxylic acids is 1. The molecule has 2 N–H and O–H groups in total. The third-order valence-corrected chi connectivity index (χ3v) is 3.85. The number of amides is 1. The molecule has 1 amide bonds. The fourth-order valence-corrected chi connectivity index (χ4v) is 2.48. The van der Waals surface area contributed by atoms with E-state index in [1.165, 1.54) is 18.2 Å². The fraction of sp³-hybridized carbons (Fsp3) is 0.429. The summed E-state index contributed by atoms with van der Waals surface area (Å²) in [5, 5.41) is 22.5. The van der Waals surface area contributed by atoms with E-state index in [-0.39, 0.29) is 29.7 Å². The van der Waals surface area contributed by atoms with Crippen molar-refractivity contribution in [3.63, 3.8) is 0 Å². The number of halogens is 1. The molecule has 0 bridgehead atoms. The van der Waals surface area contributed by atoms with E-state index < -0.39 is 22.9 Å². The zero-order chi connectivity index (χ0) is 16.3. The summed E-state index contributed by atoms with van der Waals surface area (Å²) in [4.78, 5) is 35.3. The quantitative estimate of drug-likeness (QED) is 0.622. The number of carboxylic acid groups (broad SMARTS) is 1. The second-order valence-corrected chi connectivity index (χ2v) is 5.26. The molecule has 1 saturated heterocycles. The highest BCUT2D eigenvalue weighted by Gasteiger charge is 2.33. The van der Waals surface area contributed by atoms with Crippen molar-refractivity contribution in [2.45, 2.75) is 19.4 Å². The number of nitro benzene ring substituents is 1. The van der Waals surface area contributed by atoms with Crippen LogP contribution in [0, 0.1) is 16.0 Å². The van der Waals surface area contributed by atoms with Gasteiger partial charge < -0.3 is 10.4 Å². The number of anilines is 1. The third-order valence-electron chi connectivity index (χ3n) is 3.85. The van der Waals surface area contributed by atoms with Crippen molar-refractivity contribution < 1.29 is 19.6 Å². The van der Waals surface area contributed by atoms with Gasteiger partial charge in [-0.3, -0.25) is 24.6 Å². The van der Waals surface area contributed by atoms with Gasteiger partial charge in [-0.2, -0.15) is 0 Å². The van der Waals surface area contributed by atoms with Crippen molar-refractivity contribution in [3.05, 3.63) is 34.4 Å². The van der Waals surface area contributed by atoms with Crippen molar-refractivity contribution >= 4 is 35.7 Å². The van der Waals surface area contributed by atoms with Gasteiger partial charge in [0.05, 0.1) is 16.9 Å². The number of benzene rings is 1. The minimum atomic E-state index is -0.867. The zero-order valence-corrected chi connectivity index (χ0v) is 13.3. The Kier molecular flexibility index (Phi) is 6.47. The Morgan fingerprint density at radius 1 is 1.43 bits per heavy atom. The Morgan fingerprint density at radius 3 is 2.65 bits per heavy atom. The van der Waals surface area contributed by atoms with Crippen LogP contribution in [0.2, 0.25) is 0 Å². The van der Waals surface area contributed by atoms with E-state index in [0.29, 0.717) is 19.5 Å². The molecule has 1 aliphatic rings. The molecule has 8 nitrogen and oxygen atoms in total. The number of aliphatic carboxylic acids is 1. The Labute approximate surface area is 139 Å². The van der Waals surface area contributed by atoms with Crippen LogP contribution in [0.5, 0.6) is 0 Å². The van der Waals surface area contributed by atoms with Crippen LogP contribution in [0.1, 0.15) is 13.3 Å². The molecule has 23 heavy (non-hydrogen) atoms. The molecular formula is C14H18ClN3O5. The molecule has 2 rings (SSSR count). The highest BCUT2D eigenvalue weighted by molar-refractivity contribution is 5.96. The van der Waals surface area contributed by atoms with E-state index in [2.05, 4.69) is 5.32 Å². The van der Waals surface area contributed by atoms with Crippen molar-refractivity contribution in [3.8, 4) is 0 Å². The first kappa shape index (κ1) is 18.9. The Morgan fingerprint density at radius 2 is 2.09 bits per heavy atom. The smallest absolute Gasteiger partial charge is 0.307 e. The van der Waals surface area contributed by atoms with Gasteiger partial charge in [0.1, 0.15) is 5.69 Å². The molecule has 0 radical (unpaired) electrons. The number of rotatable bonds is 5. The van der Waals surface area contributed by atoms with Gasteiger partial charge in [-0.25, -0.2) is 0 Å². The first-order chi connectivity index (χ1) is 10.4. The Balaban J connectivity index is 0.00000264. The number of carbonyl (C=O) groups is 2. The summed E-state index contributed by atoms with van der Waals surface area (Å²) < 4.78 is 0. The van der Waals surface area contributed by atoms with Crippen LogP contribution in [-0.4, -0.2) is 45.9 Å². The molecular weight excluding hydrogens is 326 g/mol. The molecule has 1 heterocycles. The van der Waals surface area contributed by atoms with Gasteiger partial charge in [-0.15, -0.1) is 12.4 Å². The Bertz CT molecular complexity index is 610. The molecule has 1 aliphatic heterocycles. The van der Waals surface area contributed by atoms with Crippen molar-refractivity contribution in [1.82, 2.24) is 4.90 Å². The molecule has 0 aromatic heterocycles. The standard InChI is InChI=1S/C14H17N3O5.ClH/c1-9(16-7-6-10(8-16)14(19)20)13(18)15-11-4-2-3-5-12(11)17(21)22;/h2-5,9-10H,6-8H2,1H3,(H,15,18)(H,19,20);1H. The summed E-state index contributed by atoms with van der Waals surface area (Å²) >= 11 is 0. The van der Waals surface area contributed by atoms with Crippen molar-refractivity contribution in [1.29, 1.82) is 0 Å². The summed E-state index contributed by atoms with van der Waals surface area (Å²) in [6.07, 6.45) is 0.498. The summed E-state index contributed by atoms with van der Waals surface area (Å²) in [5.74, 6) is -1.73. The average molecular weight is 344 g/mol. The van der Waals surface area contributed by atoms with Gasteiger partial charge in [0.2, 0.25) is 5.91 Å². The third kappa shape index (κ3) is 4.40. The van der Waals surface area contributed by atoms with Crippen LogP contribution in [0.25, 0.3) is 0 Å². The lowest BCUT2D eigenvalue weighted by Crippen LogP contribution is -2.41. The van der Waals surface area contributed by atoms with Crippen LogP contribution in [-0.2, 0) is 9.59 Å². The van der Waals surface area contributed by atoms with E-state index in [0.717, 1.165) is 0 Å². The van der Waals surface area contributed by atoms with E-state index in [4.69, 9.17) is 5.11 Å². The second-order valence-electron chi connectivity index (χ2n) is 5.26. The average Bonchev–Trinajstić information content (AvgIpc) is 2.96. The summed E-state index contributed by atoms with van der Waals surface area (Å²) in [5.41, 5.74) is -0.0359. The molecule has 1 fully saturated rings. The van der Waals surface area contributed by atoms with Gasteiger partial charge in [0.25, 0.3) is 5.69 Å². The normalized spacial score (nSPS) is 18.7. The number of likely N-dealkylation sites (tertiary alicyclic amines) is 1. The number of nitro groups is 1. The van der Waals surface area contributed by atoms with Gasteiger partial charge in [0, 0.05) is 12.6 Å². The summed E-state index contributed by atoms with van der Waals surface area (Å²) in [6.45, 7) is 2.48. The topological polar surface area (TPSA) is 113 Å². The number of carboxylic acids is 1. The Hall–Kier alpha value is -2.19. The van der Waals surface area contributed by atoms with Gasteiger partial charge >= 0.3 is 5.97 Å². The van der Waals surface area contributed by atoms with E-state index in [1.54, 1.807) is 17.9 Å². The number of para-hydroxylation sites is 2. The van der Waals surface area contributed by atoms with Crippen LogP contribution >= 0.6 is 12.4 Å². The lowest BCUT2D eigenvalue weighted by molar-refractivity contribution is -0.383. The van der Waals surface area contributed by atoms with Crippen LogP contribution < -0.4 is 5.32 Å². The predicted octanol–water partition coefficient (Wildman–Crippen LogP) is 1.75. The number of hydrogen-bond donors (Lipinski definition) is 2. The van der Waals surface area contributed by atoms with E-state index in [9.17, 15) is 19.7 Å². The first-order valence-electron chi connectivity index (χ1n) is 6.91. The SMILES string of the molecule is CC(C(=O)Nc1ccccc1[N+](=O)[O-])N1CCC(C(=O)O)C1.Cl. The van der Waals surface area contributed by atoms with E-state index >= 15 is 0 Å². The lowest BCUT2D eigenvalue weighted by atomic mass is 10.1. The molecule has 0 aliphatic carbocycles. The maximum absolute atomic E-state index is 12.2.